The van der Waals surface area contributed by atoms with Crippen LogP contribution >= 0.6 is 0 Å². The Morgan fingerprint density at radius 3 is 2.55 bits per heavy atom. The van der Waals surface area contributed by atoms with Crippen molar-refractivity contribution in [1.82, 2.24) is 9.80 Å². The fraction of sp³-hybridized carbons (Fsp3) is 0.588. The summed E-state index contributed by atoms with van der Waals surface area (Å²) in [6, 6.07) is 10.1. The number of hydrogen-bond acceptors (Lipinski definition) is 4. The maximum atomic E-state index is 11.8. The molecule has 2 heterocycles. The molecule has 3 rings (SSSR count). The van der Waals surface area contributed by atoms with Crippen molar-refractivity contribution in [3.05, 3.63) is 30.3 Å². The highest BCUT2D eigenvalue weighted by Gasteiger charge is 2.41. The summed E-state index contributed by atoms with van der Waals surface area (Å²) in [6.45, 7) is 2.95. The summed E-state index contributed by atoms with van der Waals surface area (Å²) < 4.78 is 6.04. The van der Waals surface area contributed by atoms with Crippen LogP contribution in [0.4, 0.5) is 0 Å². The number of ether oxygens (including phenoxy) is 1. The summed E-state index contributed by atoms with van der Waals surface area (Å²) in [4.78, 5) is 16.4. The Labute approximate surface area is 132 Å². The van der Waals surface area contributed by atoms with Crippen molar-refractivity contribution >= 4 is 5.91 Å². The van der Waals surface area contributed by atoms with E-state index in [4.69, 9.17) is 10.5 Å². The average molecular weight is 303 g/mol. The van der Waals surface area contributed by atoms with Crippen LogP contribution in [0.2, 0.25) is 0 Å². The van der Waals surface area contributed by atoms with Crippen molar-refractivity contribution in [1.29, 1.82) is 0 Å². The number of nitrogens with zero attached hydrogens (tertiary/aromatic N) is 2. The van der Waals surface area contributed by atoms with Crippen LogP contribution in [0.25, 0.3) is 0 Å². The van der Waals surface area contributed by atoms with E-state index in [9.17, 15) is 4.79 Å². The molecule has 0 aromatic heterocycles. The first-order chi connectivity index (χ1) is 10.6. The van der Waals surface area contributed by atoms with E-state index < -0.39 is 0 Å². The second kappa shape index (κ2) is 6.67. The van der Waals surface area contributed by atoms with Gasteiger partial charge in [0, 0.05) is 19.0 Å². The van der Waals surface area contributed by atoms with Crippen LogP contribution in [0, 0.1) is 0 Å². The molecule has 5 nitrogen and oxygen atoms in total. The van der Waals surface area contributed by atoms with Crippen molar-refractivity contribution in [3.8, 4) is 5.75 Å². The van der Waals surface area contributed by atoms with Gasteiger partial charge in [0.1, 0.15) is 11.9 Å². The molecule has 2 aliphatic rings. The normalized spacial score (nSPS) is 27.9. The van der Waals surface area contributed by atoms with Crippen LogP contribution in [0.1, 0.15) is 19.3 Å². The summed E-state index contributed by atoms with van der Waals surface area (Å²) in [7, 11) is 2.15. The van der Waals surface area contributed by atoms with Crippen molar-refractivity contribution in [2.75, 3.05) is 26.7 Å². The number of piperidine rings is 1. The highest BCUT2D eigenvalue weighted by Crippen LogP contribution is 2.28. The fourth-order valence-electron chi connectivity index (χ4n) is 3.61. The summed E-state index contributed by atoms with van der Waals surface area (Å²) in [5.41, 5.74) is 5.63. The SMILES string of the molecule is CN1CCC(N2C[C@@H](Oc3ccccc3)C[C@H]2C(N)=O)CC1. The van der Waals surface area contributed by atoms with Gasteiger partial charge >= 0.3 is 0 Å². The van der Waals surface area contributed by atoms with E-state index in [2.05, 4.69) is 16.8 Å². The van der Waals surface area contributed by atoms with E-state index >= 15 is 0 Å². The number of benzene rings is 1. The van der Waals surface area contributed by atoms with E-state index in [1.807, 2.05) is 30.3 Å². The summed E-state index contributed by atoms with van der Waals surface area (Å²) in [5.74, 6) is 0.638. The number of nitrogens with two attached hydrogens (primary N) is 1. The molecule has 0 unspecified atom stereocenters. The van der Waals surface area contributed by atoms with Gasteiger partial charge in [-0.15, -0.1) is 0 Å². The molecule has 120 valence electrons. The monoisotopic (exact) mass is 303 g/mol. The van der Waals surface area contributed by atoms with E-state index in [0.717, 1.165) is 38.2 Å². The van der Waals surface area contributed by atoms with Gasteiger partial charge < -0.3 is 15.4 Å². The minimum absolute atomic E-state index is 0.0413. The Morgan fingerprint density at radius 1 is 1.23 bits per heavy atom. The third-order valence-electron chi connectivity index (χ3n) is 4.83. The number of rotatable bonds is 4. The van der Waals surface area contributed by atoms with Gasteiger partial charge in [0.25, 0.3) is 0 Å². The number of hydrogen-bond donors (Lipinski definition) is 1. The topological polar surface area (TPSA) is 58.8 Å². The first-order valence-corrected chi connectivity index (χ1v) is 8.09. The van der Waals surface area contributed by atoms with Crippen molar-refractivity contribution in [3.63, 3.8) is 0 Å². The molecule has 0 spiro atoms. The van der Waals surface area contributed by atoms with Crippen LogP contribution in [-0.4, -0.2) is 60.6 Å². The molecule has 2 saturated heterocycles. The Kier molecular flexibility index (Phi) is 4.64. The molecule has 1 amide bonds. The third kappa shape index (κ3) is 3.42. The molecule has 2 atom stereocenters. The molecule has 0 bridgehead atoms. The third-order valence-corrected chi connectivity index (χ3v) is 4.83. The lowest BCUT2D eigenvalue weighted by Crippen LogP contribution is -2.49. The lowest BCUT2D eigenvalue weighted by molar-refractivity contribution is -0.123. The maximum absolute atomic E-state index is 11.8. The van der Waals surface area contributed by atoms with Gasteiger partial charge in [0.15, 0.2) is 0 Å². The Balaban J connectivity index is 1.66. The second-order valence-electron chi connectivity index (χ2n) is 6.44. The number of carbonyl (C=O) groups excluding carboxylic acids is 1. The molecule has 2 N–H and O–H groups in total. The minimum atomic E-state index is -0.224. The molecule has 1 aromatic carbocycles. The van der Waals surface area contributed by atoms with Gasteiger partial charge in [-0.3, -0.25) is 9.69 Å². The smallest absolute Gasteiger partial charge is 0.234 e. The highest BCUT2D eigenvalue weighted by atomic mass is 16.5. The number of para-hydroxylation sites is 1. The Hall–Kier alpha value is -1.59. The molecule has 1 aromatic rings. The van der Waals surface area contributed by atoms with Crippen LogP contribution in [0.15, 0.2) is 30.3 Å². The van der Waals surface area contributed by atoms with Crippen molar-refractivity contribution in [2.24, 2.45) is 5.73 Å². The summed E-state index contributed by atoms with van der Waals surface area (Å²) >= 11 is 0. The lowest BCUT2D eigenvalue weighted by Gasteiger charge is -2.37. The number of carbonyl (C=O) groups is 1. The zero-order chi connectivity index (χ0) is 15.5. The van der Waals surface area contributed by atoms with Gasteiger partial charge in [-0.2, -0.15) is 0 Å². The molecule has 22 heavy (non-hydrogen) atoms. The molecule has 0 radical (unpaired) electrons. The maximum Gasteiger partial charge on any atom is 0.234 e. The molecule has 0 aliphatic carbocycles. The van der Waals surface area contributed by atoms with E-state index in [1.165, 1.54) is 0 Å². The summed E-state index contributed by atoms with van der Waals surface area (Å²) in [5, 5.41) is 0. The minimum Gasteiger partial charge on any atom is -0.489 e. The largest absolute Gasteiger partial charge is 0.489 e. The van der Waals surface area contributed by atoms with Gasteiger partial charge in [-0.1, -0.05) is 18.2 Å². The molecule has 2 aliphatic heterocycles. The Morgan fingerprint density at radius 2 is 1.91 bits per heavy atom. The Bertz CT molecular complexity index is 500. The number of likely N-dealkylation sites (tertiary alicyclic amines) is 2. The highest BCUT2D eigenvalue weighted by molar-refractivity contribution is 5.80. The van der Waals surface area contributed by atoms with Crippen LogP contribution in [0.5, 0.6) is 5.75 Å². The van der Waals surface area contributed by atoms with Crippen molar-refractivity contribution < 1.29 is 9.53 Å². The average Bonchev–Trinajstić information content (AvgIpc) is 2.93. The first kappa shape index (κ1) is 15.3. The quantitative estimate of drug-likeness (QED) is 0.904. The molecule has 5 heteroatoms. The zero-order valence-corrected chi connectivity index (χ0v) is 13.1. The first-order valence-electron chi connectivity index (χ1n) is 8.09. The fourth-order valence-corrected chi connectivity index (χ4v) is 3.61. The molecular weight excluding hydrogens is 278 g/mol. The molecular formula is C17H25N3O2. The summed E-state index contributed by atoms with van der Waals surface area (Å²) in [6.07, 6.45) is 2.92. The number of amides is 1. The van der Waals surface area contributed by atoms with Crippen LogP contribution in [-0.2, 0) is 4.79 Å². The van der Waals surface area contributed by atoms with Gasteiger partial charge in [-0.05, 0) is 45.1 Å². The standard InChI is InChI=1S/C17H25N3O2/c1-19-9-7-13(8-10-19)20-12-15(11-16(20)17(18)21)22-14-5-3-2-4-6-14/h2-6,13,15-16H,7-12H2,1H3,(H2,18,21)/t15-,16-/m0/s1. The number of primary amides is 1. The predicted octanol–water partition coefficient (Wildman–Crippen LogP) is 1.09. The van der Waals surface area contributed by atoms with Crippen LogP contribution < -0.4 is 10.5 Å². The van der Waals surface area contributed by atoms with E-state index in [1.54, 1.807) is 0 Å². The lowest BCUT2D eigenvalue weighted by atomic mass is 10.0. The van der Waals surface area contributed by atoms with Gasteiger partial charge in [-0.25, -0.2) is 0 Å². The van der Waals surface area contributed by atoms with E-state index in [-0.39, 0.29) is 18.1 Å². The van der Waals surface area contributed by atoms with Crippen molar-refractivity contribution in [2.45, 2.75) is 37.5 Å². The van der Waals surface area contributed by atoms with Crippen LogP contribution in [0.3, 0.4) is 0 Å². The van der Waals surface area contributed by atoms with Gasteiger partial charge in [0.2, 0.25) is 5.91 Å². The second-order valence-corrected chi connectivity index (χ2v) is 6.44. The van der Waals surface area contributed by atoms with E-state index in [0.29, 0.717) is 12.5 Å². The predicted molar refractivity (Wildman–Crippen MR) is 85.7 cm³/mol. The zero-order valence-electron chi connectivity index (χ0n) is 13.1. The molecule has 2 fully saturated rings. The van der Waals surface area contributed by atoms with Gasteiger partial charge in [0.05, 0.1) is 6.04 Å². The molecule has 0 saturated carbocycles.